The first kappa shape index (κ1) is 27.7. The van der Waals surface area contributed by atoms with Crippen LogP contribution in [0.1, 0.15) is 38.4 Å². The number of nitrogens with two attached hydrogens (primary N) is 1. The number of aryl methyl sites for hydroxylation is 1. The Balaban J connectivity index is 1.09. The van der Waals surface area contributed by atoms with Crippen molar-refractivity contribution in [3.63, 3.8) is 0 Å². The average molecular weight is 567 g/mol. The number of carbonyl (C=O) groups excluding carboxylic acids is 1. The summed E-state index contributed by atoms with van der Waals surface area (Å²) in [4.78, 5) is 18.2. The lowest BCUT2D eigenvalue weighted by molar-refractivity contribution is -0.000737. The summed E-state index contributed by atoms with van der Waals surface area (Å²) < 4.78 is 9.34. The minimum Gasteiger partial charge on any atom is -0.444 e. The van der Waals surface area contributed by atoms with E-state index in [1.807, 2.05) is 48.2 Å². The molecule has 1 aliphatic rings. The maximum absolute atomic E-state index is 12.1. The lowest BCUT2D eigenvalue weighted by Gasteiger charge is -2.39. The summed E-state index contributed by atoms with van der Waals surface area (Å²) in [6, 6.07) is 18.8. The first-order valence-corrected chi connectivity index (χ1v) is 14.5. The number of benzene rings is 2. The fourth-order valence-electron chi connectivity index (χ4n) is 5.49. The fraction of sp³-hybridized carbons (Fsp3) is 0.375. The smallest absolute Gasteiger partial charge is 0.410 e. The lowest BCUT2D eigenvalue weighted by Crippen LogP contribution is -2.54. The minimum absolute atomic E-state index is 0.226. The van der Waals surface area contributed by atoms with Crippen molar-refractivity contribution in [1.82, 2.24) is 34.6 Å². The van der Waals surface area contributed by atoms with Crippen LogP contribution in [0.4, 0.5) is 10.6 Å². The molecule has 4 heterocycles. The van der Waals surface area contributed by atoms with Crippen molar-refractivity contribution < 1.29 is 9.53 Å². The van der Waals surface area contributed by atoms with E-state index in [-0.39, 0.29) is 6.09 Å². The monoisotopic (exact) mass is 566 g/mol. The van der Waals surface area contributed by atoms with E-state index in [1.54, 1.807) is 4.90 Å². The van der Waals surface area contributed by atoms with Gasteiger partial charge in [-0.15, -0.1) is 0 Å². The SMILES string of the molecule is CC(C)(C)OC(=O)N1CC(CNCCCc2cc(-c3ccc4cn(Cc5ccccc5)nc4c3)c3c(N)ncnn23)C1. The molecule has 10 nitrogen and oxygen atoms in total. The Labute approximate surface area is 245 Å². The number of ether oxygens (including phenoxy) is 1. The van der Waals surface area contributed by atoms with Gasteiger partial charge in [-0.1, -0.05) is 42.5 Å². The Morgan fingerprint density at radius 1 is 1.12 bits per heavy atom. The van der Waals surface area contributed by atoms with Crippen molar-refractivity contribution >= 4 is 28.3 Å². The Morgan fingerprint density at radius 3 is 2.71 bits per heavy atom. The second-order valence-electron chi connectivity index (χ2n) is 12.1. The van der Waals surface area contributed by atoms with Crippen LogP contribution in [0, 0.1) is 5.92 Å². The number of aromatic nitrogens is 5. The van der Waals surface area contributed by atoms with Gasteiger partial charge in [0.15, 0.2) is 5.82 Å². The number of hydrogen-bond donors (Lipinski definition) is 2. The number of nitrogens with zero attached hydrogens (tertiary/aromatic N) is 6. The molecular formula is C32H38N8O2. The number of nitrogen functional groups attached to an aromatic ring is 1. The molecule has 218 valence electrons. The maximum Gasteiger partial charge on any atom is 0.410 e. The average Bonchev–Trinajstić information content (AvgIpc) is 3.50. The minimum atomic E-state index is -0.461. The van der Waals surface area contributed by atoms with E-state index >= 15 is 0 Å². The van der Waals surface area contributed by atoms with Crippen molar-refractivity contribution in [3.8, 4) is 11.1 Å². The highest BCUT2D eigenvalue weighted by Crippen LogP contribution is 2.32. The van der Waals surface area contributed by atoms with Crippen molar-refractivity contribution in [2.45, 2.75) is 45.8 Å². The molecule has 1 amide bonds. The Hall–Kier alpha value is -4.44. The zero-order valence-corrected chi connectivity index (χ0v) is 24.5. The number of nitrogens with one attached hydrogen (secondary N) is 1. The van der Waals surface area contributed by atoms with Crippen LogP contribution in [0.15, 0.2) is 67.1 Å². The summed E-state index contributed by atoms with van der Waals surface area (Å²) in [5.74, 6) is 0.912. The lowest BCUT2D eigenvalue weighted by atomic mass is 10.0. The van der Waals surface area contributed by atoms with Gasteiger partial charge in [0.1, 0.15) is 17.4 Å². The fourth-order valence-corrected chi connectivity index (χ4v) is 5.49. The highest BCUT2D eigenvalue weighted by Gasteiger charge is 2.33. The quantitative estimate of drug-likeness (QED) is 0.247. The van der Waals surface area contributed by atoms with Crippen LogP contribution in [0.25, 0.3) is 27.5 Å². The van der Waals surface area contributed by atoms with Gasteiger partial charge >= 0.3 is 6.09 Å². The number of fused-ring (bicyclic) bond motifs is 2. The van der Waals surface area contributed by atoms with Crippen LogP contribution in [0.5, 0.6) is 0 Å². The third-order valence-corrected chi connectivity index (χ3v) is 7.54. The summed E-state index contributed by atoms with van der Waals surface area (Å²) in [6.07, 6.45) is 5.15. The summed E-state index contributed by atoms with van der Waals surface area (Å²) in [5.41, 5.74) is 12.0. The van der Waals surface area contributed by atoms with E-state index in [1.165, 1.54) is 11.9 Å². The molecule has 10 heteroatoms. The molecule has 5 aromatic rings. The van der Waals surface area contributed by atoms with Crippen LogP contribution in [-0.2, 0) is 17.7 Å². The molecule has 1 saturated heterocycles. The van der Waals surface area contributed by atoms with Crippen LogP contribution in [0.2, 0.25) is 0 Å². The Morgan fingerprint density at radius 2 is 1.93 bits per heavy atom. The number of likely N-dealkylation sites (tertiary alicyclic amines) is 1. The maximum atomic E-state index is 12.1. The van der Waals surface area contributed by atoms with Crippen molar-refractivity contribution in [1.29, 1.82) is 0 Å². The second kappa shape index (κ2) is 11.4. The van der Waals surface area contributed by atoms with Gasteiger partial charge in [-0.3, -0.25) is 4.68 Å². The third-order valence-electron chi connectivity index (χ3n) is 7.54. The molecule has 0 atom stereocenters. The molecule has 0 bridgehead atoms. The summed E-state index contributed by atoms with van der Waals surface area (Å²) in [6.45, 7) is 9.62. The van der Waals surface area contributed by atoms with Crippen molar-refractivity contribution in [2.24, 2.45) is 5.92 Å². The second-order valence-corrected chi connectivity index (χ2v) is 12.1. The molecule has 3 N–H and O–H groups in total. The molecule has 6 rings (SSSR count). The predicted molar refractivity (Wildman–Crippen MR) is 164 cm³/mol. The molecule has 0 spiro atoms. The number of rotatable bonds is 9. The normalized spacial score (nSPS) is 14.0. The van der Waals surface area contributed by atoms with Gasteiger partial charge in [0.25, 0.3) is 0 Å². The standard InChI is InChI=1S/C32H38N8O2/c1-32(2,3)42-31(41)38-17-23(18-38)16-34-13-7-10-26-15-27(29-30(33)35-21-36-40(26)29)24-11-12-25-20-39(37-28(25)14-24)19-22-8-5-4-6-9-22/h4-6,8-9,11-12,14-15,20-21,23,34H,7,10,13,16-19H2,1-3H3,(H2,33,35,36). The zero-order chi connectivity index (χ0) is 29.3. The van der Waals surface area contributed by atoms with Gasteiger partial charge < -0.3 is 20.7 Å². The summed E-state index contributed by atoms with van der Waals surface area (Å²) >= 11 is 0. The summed E-state index contributed by atoms with van der Waals surface area (Å²) in [5, 5.41) is 14.0. The number of anilines is 1. The van der Waals surface area contributed by atoms with E-state index in [9.17, 15) is 4.79 Å². The number of amides is 1. The van der Waals surface area contributed by atoms with Crippen molar-refractivity contribution in [3.05, 3.63) is 78.4 Å². The largest absolute Gasteiger partial charge is 0.444 e. The molecular weight excluding hydrogens is 528 g/mol. The third kappa shape index (κ3) is 6.08. The predicted octanol–water partition coefficient (Wildman–Crippen LogP) is 4.77. The molecule has 1 fully saturated rings. The molecule has 0 aliphatic carbocycles. The van der Waals surface area contributed by atoms with Crippen LogP contribution < -0.4 is 11.1 Å². The molecule has 2 aromatic carbocycles. The Bertz CT molecular complexity index is 1700. The highest BCUT2D eigenvalue weighted by atomic mass is 16.6. The molecule has 0 saturated carbocycles. The van der Waals surface area contributed by atoms with Crippen LogP contribution >= 0.6 is 0 Å². The van der Waals surface area contributed by atoms with E-state index in [0.717, 1.165) is 78.8 Å². The van der Waals surface area contributed by atoms with Gasteiger partial charge in [0.05, 0.1) is 12.1 Å². The highest BCUT2D eigenvalue weighted by molar-refractivity contribution is 5.92. The number of hydrogen-bond acceptors (Lipinski definition) is 7. The van der Waals surface area contributed by atoms with E-state index in [2.05, 4.69) is 58.0 Å². The molecule has 1 aliphatic heterocycles. The first-order valence-electron chi connectivity index (χ1n) is 14.5. The topological polar surface area (TPSA) is 116 Å². The first-order chi connectivity index (χ1) is 20.2. The van der Waals surface area contributed by atoms with Gasteiger partial charge in [0.2, 0.25) is 0 Å². The van der Waals surface area contributed by atoms with E-state index in [4.69, 9.17) is 15.6 Å². The molecule has 0 radical (unpaired) electrons. The zero-order valence-electron chi connectivity index (χ0n) is 24.5. The van der Waals surface area contributed by atoms with E-state index < -0.39 is 5.60 Å². The van der Waals surface area contributed by atoms with Crippen LogP contribution in [0.3, 0.4) is 0 Å². The number of carbonyl (C=O) groups is 1. The van der Waals surface area contributed by atoms with E-state index in [0.29, 0.717) is 11.7 Å². The van der Waals surface area contributed by atoms with Gasteiger partial charge in [-0.2, -0.15) is 10.2 Å². The molecule has 3 aromatic heterocycles. The molecule has 0 unspecified atom stereocenters. The summed E-state index contributed by atoms with van der Waals surface area (Å²) in [7, 11) is 0. The van der Waals surface area contributed by atoms with Crippen LogP contribution in [-0.4, -0.2) is 67.2 Å². The molecule has 42 heavy (non-hydrogen) atoms. The van der Waals surface area contributed by atoms with Gasteiger partial charge in [-0.05, 0) is 63.4 Å². The van der Waals surface area contributed by atoms with Gasteiger partial charge in [-0.25, -0.2) is 14.3 Å². The Kier molecular flexibility index (Phi) is 7.55. The van der Waals surface area contributed by atoms with Gasteiger partial charge in [0, 0.05) is 48.4 Å². The van der Waals surface area contributed by atoms with Crippen molar-refractivity contribution in [2.75, 3.05) is 31.9 Å².